The largest absolute Gasteiger partial charge is 0.353 e. The van der Waals surface area contributed by atoms with Crippen LogP contribution in [0, 0.1) is 4.91 Å². The van der Waals surface area contributed by atoms with Crippen LogP contribution in [0.1, 0.15) is 0 Å². The number of nitroso groups, excluding NO2 is 1. The molecule has 0 atom stereocenters. The second kappa shape index (κ2) is 2.25. The zero-order chi connectivity index (χ0) is 5.82. The molecule has 1 rings (SSSR count). The Balaban J connectivity index is 2.33. The molecular formula is C3H6N4O. The molecule has 5 heteroatoms. The van der Waals surface area contributed by atoms with Crippen molar-refractivity contribution >= 4 is 5.96 Å². The van der Waals surface area contributed by atoms with Crippen molar-refractivity contribution in [1.29, 1.82) is 0 Å². The molecule has 1 aliphatic heterocycles. The maximum absolute atomic E-state index is 9.48. The van der Waals surface area contributed by atoms with Crippen LogP contribution in [0.25, 0.3) is 0 Å². The Morgan fingerprint density at radius 3 is 3.25 bits per heavy atom. The Hall–Kier alpha value is -1.13. The minimum absolute atomic E-state index is 0.472. The molecule has 0 fully saturated rings. The summed E-state index contributed by atoms with van der Waals surface area (Å²) in [4.78, 5) is 13.3. The highest BCUT2D eigenvalue weighted by Crippen LogP contribution is 1.79. The van der Waals surface area contributed by atoms with E-state index in [0.29, 0.717) is 5.96 Å². The molecule has 0 aromatic carbocycles. The minimum atomic E-state index is 0.472. The van der Waals surface area contributed by atoms with Crippen LogP contribution in [0.2, 0.25) is 0 Å². The van der Waals surface area contributed by atoms with Crippen LogP contribution in [0.4, 0.5) is 0 Å². The average molecular weight is 114 g/mol. The van der Waals surface area contributed by atoms with Crippen molar-refractivity contribution in [3.63, 3.8) is 0 Å². The number of hydrogen-bond acceptors (Lipinski definition) is 4. The van der Waals surface area contributed by atoms with Gasteiger partial charge in [-0.15, -0.1) is 4.91 Å². The quantitative estimate of drug-likeness (QED) is 0.347. The molecule has 0 aromatic rings. The zero-order valence-corrected chi connectivity index (χ0v) is 4.22. The van der Waals surface area contributed by atoms with Crippen molar-refractivity contribution in [2.75, 3.05) is 13.1 Å². The number of rotatable bonds is 1. The summed E-state index contributed by atoms with van der Waals surface area (Å²) in [5.41, 5.74) is 2.15. The second-order valence-electron chi connectivity index (χ2n) is 1.36. The predicted molar refractivity (Wildman–Crippen MR) is 29.2 cm³/mol. The molecular weight excluding hydrogens is 108 g/mol. The van der Waals surface area contributed by atoms with Crippen molar-refractivity contribution in [1.82, 2.24) is 10.7 Å². The van der Waals surface area contributed by atoms with Crippen LogP contribution in [-0.4, -0.2) is 19.0 Å². The van der Waals surface area contributed by atoms with E-state index in [1.54, 1.807) is 0 Å². The Bertz CT molecular complexity index is 120. The van der Waals surface area contributed by atoms with E-state index < -0.39 is 0 Å². The summed E-state index contributed by atoms with van der Waals surface area (Å²) < 4.78 is 0. The molecule has 0 aromatic heterocycles. The third-order valence-electron chi connectivity index (χ3n) is 0.826. The van der Waals surface area contributed by atoms with Gasteiger partial charge in [0.05, 0.1) is 11.8 Å². The van der Waals surface area contributed by atoms with Gasteiger partial charge in [0.15, 0.2) is 0 Å². The van der Waals surface area contributed by atoms with Gasteiger partial charge in [-0.25, -0.2) is 10.4 Å². The van der Waals surface area contributed by atoms with Crippen molar-refractivity contribution in [3.05, 3.63) is 4.91 Å². The minimum Gasteiger partial charge on any atom is -0.353 e. The number of nitrogens with zero attached hydrogens (tertiary/aromatic N) is 2. The van der Waals surface area contributed by atoms with Gasteiger partial charge in [-0.3, -0.25) is 0 Å². The summed E-state index contributed by atoms with van der Waals surface area (Å²) in [6, 6.07) is 0. The summed E-state index contributed by atoms with van der Waals surface area (Å²) >= 11 is 0. The average Bonchev–Trinajstić information content (AvgIpc) is 2.19. The Labute approximate surface area is 46.1 Å². The third kappa shape index (κ3) is 0.927. The van der Waals surface area contributed by atoms with Crippen molar-refractivity contribution in [2.45, 2.75) is 0 Å². The van der Waals surface area contributed by atoms with Crippen LogP contribution in [-0.2, 0) is 0 Å². The molecule has 0 radical (unpaired) electrons. The van der Waals surface area contributed by atoms with Gasteiger partial charge in [0, 0.05) is 6.54 Å². The third-order valence-corrected chi connectivity index (χ3v) is 0.826. The first kappa shape index (κ1) is 5.02. The molecule has 1 aliphatic rings. The van der Waals surface area contributed by atoms with Crippen molar-refractivity contribution in [3.8, 4) is 0 Å². The first-order chi connectivity index (χ1) is 3.93. The van der Waals surface area contributed by atoms with Crippen molar-refractivity contribution in [2.24, 2.45) is 10.3 Å². The van der Waals surface area contributed by atoms with Crippen molar-refractivity contribution < 1.29 is 0 Å². The van der Waals surface area contributed by atoms with Crippen LogP contribution < -0.4 is 10.7 Å². The fourth-order valence-electron chi connectivity index (χ4n) is 0.516. The van der Waals surface area contributed by atoms with E-state index in [9.17, 15) is 4.91 Å². The van der Waals surface area contributed by atoms with Gasteiger partial charge >= 0.3 is 0 Å². The Morgan fingerprint density at radius 1 is 1.88 bits per heavy atom. The van der Waals surface area contributed by atoms with E-state index in [1.165, 1.54) is 0 Å². The molecule has 0 saturated heterocycles. The fraction of sp³-hybridized carbons (Fsp3) is 0.667. The lowest BCUT2D eigenvalue weighted by atomic mass is 10.7. The van der Waals surface area contributed by atoms with Gasteiger partial charge < -0.3 is 5.32 Å². The molecule has 0 aliphatic carbocycles. The van der Waals surface area contributed by atoms with Gasteiger partial charge in [-0.05, 0) is 0 Å². The van der Waals surface area contributed by atoms with Crippen LogP contribution in [0.5, 0.6) is 0 Å². The van der Waals surface area contributed by atoms with E-state index in [0.717, 1.165) is 13.1 Å². The van der Waals surface area contributed by atoms with E-state index in [2.05, 4.69) is 21.0 Å². The SMILES string of the molecule is O=NNC1=NCCN1. The summed E-state index contributed by atoms with van der Waals surface area (Å²) in [7, 11) is 0. The molecule has 0 amide bonds. The zero-order valence-electron chi connectivity index (χ0n) is 4.22. The summed E-state index contributed by atoms with van der Waals surface area (Å²) in [5.74, 6) is 0.472. The van der Waals surface area contributed by atoms with E-state index >= 15 is 0 Å². The fourth-order valence-corrected chi connectivity index (χ4v) is 0.516. The summed E-state index contributed by atoms with van der Waals surface area (Å²) in [5, 5.41) is 5.23. The number of guanidine groups is 1. The van der Waals surface area contributed by atoms with E-state index in [4.69, 9.17) is 0 Å². The van der Waals surface area contributed by atoms with Gasteiger partial charge in [0.1, 0.15) is 0 Å². The monoisotopic (exact) mass is 114 g/mol. The first-order valence-corrected chi connectivity index (χ1v) is 2.30. The lowest BCUT2D eigenvalue weighted by Gasteiger charge is -1.92. The number of nitrogens with one attached hydrogen (secondary N) is 2. The lowest BCUT2D eigenvalue weighted by Crippen LogP contribution is -2.29. The predicted octanol–water partition coefficient (Wildman–Crippen LogP) is -0.783. The maximum atomic E-state index is 9.48. The second-order valence-corrected chi connectivity index (χ2v) is 1.36. The smallest absolute Gasteiger partial charge is 0.214 e. The molecule has 0 bridgehead atoms. The van der Waals surface area contributed by atoms with Gasteiger partial charge in [-0.1, -0.05) is 0 Å². The highest BCUT2D eigenvalue weighted by Gasteiger charge is 2.01. The lowest BCUT2D eigenvalue weighted by molar-refractivity contribution is 0.913. The van der Waals surface area contributed by atoms with Gasteiger partial charge in [-0.2, -0.15) is 0 Å². The Kier molecular flexibility index (Phi) is 1.41. The molecule has 8 heavy (non-hydrogen) atoms. The first-order valence-electron chi connectivity index (χ1n) is 2.30. The molecule has 5 nitrogen and oxygen atoms in total. The number of aliphatic imine (C=N–C) groups is 1. The molecule has 0 unspecified atom stereocenters. The molecule has 44 valence electrons. The highest BCUT2D eigenvalue weighted by molar-refractivity contribution is 5.80. The normalized spacial score (nSPS) is 16.8. The van der Waals surface area contributed by atoms with Crippen LogP contribution >= 0.6 is 0 Å². The topological polar surface area (TPSA) is 65.8 Å². The summed E-state index contributed by atoms with van der Waals surface area (Å²) in [6.07, 6.45) is 0. The molecule has 1 heterocycles. The van der Waals surface area contributed by atoms with E-state index in [1.807, 2.05) is 0 Å². The van der Waals surface area contributed by atoms with Gasteiger partial charge in [0.2, 0.25) is 5.96 Å². The van der Waals surface area contributed by atoms with Crippen LogP contribution in [0.15, 0.2) is 10.3 Å². The Morgan fingerprint density at radius 2 is 2.75 bits per heavy atom. The summed E-state index contributed by atoms with van der Waals surface area (Å²) in [6.45, 7) is 1.51. The molecule has 0 saturated carbocycles. The maximum Gasteiger partial charge on any atom is 0.214 e. The molecule has 0 spiro atoms. The van der Waals surface area contributed by atoms with Gasteiger partial charge in [0.25, 0.3) is 0 Å². The van der Waals surface area contributed by atoms with E-state index in [-0.39, 0.29) is 0 Å². The molecule has 2 N–H and O–H groups in total. The standard InChI is InChI=1S/C3H6N4O/c8-7-6-3-4-1-2-5-3/h1-2H2,(H2,4,5,6,8). The van der Waals surface area contributed by atoms with Crippen LogP contribution in [0.3, 0.4) is 0 Å². The highest BCUT2D eigenvalue weighted by atomic mass is 16.3. The number of hydrogen-bond donors (Lipinski definition) is 2.